The zero-order chi connectivity index (χ0) is 10.6. The molecule has 1 aromatic rings. The minimum absolute atomic E-state index is 0.160. The molecule has 1 rings (SSSR count). The van der Waals surface area contributed by atoms with E-state index in [1.54, 1.807) is 18.2 Å². The lowest BCUT2D eigenvalue weighted by molar-refractivity contribution is 0.0590. The Morgan fingerprint density at radius 2 is 2.21 bits per heavy atom. The van der Waals surface area contributed by atoms with Crippen molar-refractivity contribution >= 4 is 12.0 Å². The zero-order valence-corrected chi connectivity index (χ0v) is 8.11. The summed E-state index contributed by atoms with van der Waals surface area (Å²) in [5.74, 6) is -0.131. The Kier molecular flexibility index (Phi) is 3.23. The second-order valence-corrected chi connectivity index (χ2v) is 2.48. The van der Waals surface area contributed by atoms with Gasteiger partial charge in [0.15, 0.2) is 11.4 Å². The van der Waals surface area contributed by atoms with Gasteiger partial charge in [-0.3, -0.25) is 0 Å². The van der Waals surface area contributed by atoms with E-state index in [1.807, 2.05) is 0 Å². The highest BCUT2D eigenvalue weighted by Crippen LogP contribution is 2.17. The highest BCUT2D eigenvalue weighted by atomic mass is 16.5. The molecule has 14 heavy (non-hydrogen) atoms. The molecule has 4 nitrogen and oxygen atoms in total. The molecule has 1 heterocycles. The summed E-state index contributed by atoms with van der Waals surface area (Å²) in [6.07, 6.45) is 1.55. The van der Waals surface area contributed by atoms with Gasteiger partial charge >= 0.3 is 5.97 Å². The van der Waals surface area contributed by atoms with Crippen molar-refractivity contribution in [2.45, 2.75) is 0 Å². The molecule has 0 aromatic carbocycles. The lowest BCUT2D eigenvalue weighted by Crippen LogP contribution is -2.07. The zero-order valence-electron chi connectivity index (χ0n) is 8.11. The van der Waals surface area contributed by atoms with Crippen molar-refractivity contribution in [1.82, 2.24) is 4.98 Å². The summed E-state index contributed by atoms with van der Waals surface area (Å²) in [6.45, 7) is 3.56. The van der Waals surface area contributed by atoms with Crippen LogP contribution in [0.1, 0.15) is 16.2 Å². The average Bonchev–Trinajstić information content (AvgIpc) is 2.27. The van der Waals surface area contributed by atoms with Crippen LogP contribution in [0.3, 0.4) is 0 Å². The Hall–Kier alpha value is -1.84. The van der Waals surface area contributed by atoms with Crippen LogP contribution in [0.15, 0.2) is 18.7 Å². The first-order chi connectivity index (χ1) is 6.72. The van der Waals surface area contributed by atoms with Gasteiger partial charge in [-0.25, -0.2) is 9.78 Å². The number of carbonyl (C=O) groups is 1. The molecule has 0 saturated heterocycles. The second kappa shape index (κ2) is 4.41. The fraction of sp³-hybridized carbons (Fsp3) is 0.200. The van der Waals surface area contributed by atoms with Crippen molar-refractivity contribution < 1.29 is 14.3 Å². The molecule has 0 aliphatic heterocycles. The van der Waals surface area contributed by atoms with Crippen molar-refractivity contribution in [2.24, 2.45) is 0 Å². The maximum Gasteiger partial charge on any atom is 0.360 e. The molecule has 0 fully saturated rings. The van der Waals surface area contributed by atoms with Crippen molar-refractivity contribution in [3.05, 3.63) is 30.1 Å². The summed E-state index contributed by atoms with van der Waals surface area (Å²) in [5, 5.41) is 0. The number of carbonyl (C=O) groups excluding carboxylic acids is 1. The van der Waals surface area contributed by atoms with Crippen LogP contribution in [0.4, 0.5) is 0 Å². The molecule has 74 valence electrons. The van der Waals surface area contributed by atoms with E-state index in [-0.39, 0.29) is 5.69 Å². The molecule has 0 unspecified atom stereocenters. The Bertz CT molecular complexity index is 360. The van der Waals surface area contributed by atoms with Crippen LogP contribution in [0.5, 0.6) is 5.75 Å². The Morgan fingerprint density at radius 3 is 2.71 bits per heavy atom. The van der Waals surface area contributed by atoms with E-state index >= 15 is 0 Å². The van der Waals surface area contributed by atoms with E-state index in [1.165, 1.54) is 14.2 Å². The van der Waals surface area contributed by atoms with Gasteiger partial charge in [0.05, 0.1) is 19.9 Å². The Labute approximate surface area is 82.2 Å². The molecule has 1 aromatic heterocycles. The summed E-state index contributed by atoms with van der Waals surface area (Å²) >= 11 is 0. The van der Waals surface area contributed by atoms with Crippen LogP contribution >= 0.6 is 0 Å². The molecule has 0 atom stereocenters. The first-order valence-electron chi connectivity index (χ1n) is 3.98. The van der Waals surface area contributed by atoms with Crippen LogP contribution < -0.4 is 4.74 Å². The lowest BCUT2D eigenvalue weighted by Gasteiger charge is -2.05. The van der Waals surface area contributed by atoms with E-state index in [4.69, 9.17) is 4.74 Å². The van der Waals surface area contributed by atoms with Crippen molar-refractivity contribution in [3.63, 3.8) is 0 Å². The second-order valence-electron chi connectivity index (χ2n) is 2.48. The van der Waals surface area contributed by atoms with Crippen LogP contribution in [-0.2, 0) is 4.74 Å². The molecular weight excluding hydrogens is 182 g/mol. The number of pyridine rings is 1. The SMILES string of the molecule is C=Cc1ccc(OC)c(C(=O)OC)n1. The summed E-state index contributed by atoms with van der Waals surface area (Å²) in [7, 11) is 2.76. The van der Waals surface area contributed by atoms with E-state index < -0.39 is 5.97 Å². The number of nitrogens with zero attached hydrogens (tertiary/aromatic N) is 1. The van der Waals surface area contributed by atoms with E-state index in [2.05, 4.69) is 16.3 Å². The van der Waals surface area contributed by atoms with E-state index in [0.29, 0.717) is 11.4 Å². The summed E-state index contributed by atoms with van der Waals surface area (Å²) < 4.78 is 9.53. The number of aromatic nitrogens is 1. The van der Waals surface area contributed by atoms with Crippen molar-refractivity contribution in [3.8, 4) is 5.75 Å². The maximum absolute atomic E-state index is 11.3. The fourth-order valence-electron chi connectivity index (χ4n) is 0.983. The Morgan fingerprint density at radius 1 is 1.50 bits per heavy atom. The Balaban J connectivity index is 3.21. The van der Waals surface area contributed by atoms with Gasteiger partial charge in [0.25, 0.3) is 0 Å². The number of methoxy groups -OCH3 is 2. The molecule has 0 amide bonds. The third kappa shape index (κ3) is 1.90. The number of hydrogen-bond donors (Lipinski definition) is 0. The topological polar surface area (TPSA) is 48.4 Å². The summed E-state index contributed by atoms with van der Waals surface area (Å²) in [5.41, 5.74) is 0.763. The van der Waals surface area contributed by atoms with Gasteiger partial charge < -0.3 is 9.47 Å². The van der Waals surface area contributed by atoms with Gasteiger partial charge in [-0.05, 0) is 18.2 Å². The van der Waals surface area contributed by atoms with Crippen LogP contribution in [0.2, 0.25) is 0 Å². The molecule has 0 radical (unpaired) electrons. The van der Waals surface area contributed by atoms with Crippen molar-refractivity contribution in [1.29, 1.82) is 0 Å². The number of esters is 1. The molecule has 0 aliphatic rings. The highest BCUT2D eigenvalue weighted by molar-refractivity contribution is 5.90. The first-order valence-corrected chi connectivity index (χ1v) is 3.98. The number of hydrogen-bond acceptors (Lipinski definition) is 4. The third-order valence-electron chi connectivity index (χ3n) is 1.69. The minimum Gasteiger partial charge on any atom is -0.494 e. The van der Waals surface area contributed by atoms with Crippen LogP contribution in [0, 0.1) is 0 Å². The van der Waals surface area contributed by atoms with Crippen LogP contribution in [0.25, 0.3) is 6.08 Å². The third-order valence-corrected chi connectivity index (χ3v) is 1.69. The van der Waals surface area contributed by atoms with E-state index in [0.717, 1.165) is 0 Å². The van der Waals surface area contributed by atoms with Gasteiger partial charge in [0.2, 0.25) is 0 Å². The fourth-order valence-corrected chi connectivity index (χ4v) is 0.983. The molecule has 0 spiro atoms. The van der Waals surface area contributed by atoms with Gasteiger partial charge in [-0.15, -0.1) is 0 Å². The minimum atomic E-state index is -0.523. The van der Waals surface area contributed by atoms with E-state index in [9.17, 15) is 4.79 Å². The van der Waals surface area contributed by atoms with Gasteiger partial charge in [-0.2, -0.15) is 0 Å². The predicted molar refractivity (Wildman–Crippen MR) is 52.2 cm³/mol. The smallest absolute Gasteiger partial charge is 0.360 e. The van der Waals surface area contributed by atoms with Gasteiger partial charge in [0.1, 0.15) is 0 Å². The van der Waals surface area contributed by atoms with Crippen molar-refractivity contribution in [2.75, 3.05) is 14.2 Å². The number of ether oxygens (including phenoxy) is 2. The van der Waals surface area contributed by atoms with Gasteiger partial charge in [-0.1, -0.05) is 6.58 Å². The molecule has 0 bridgehead atoms. The summed E-state index contributed by atoms with van der Waals surface area (Å²) in [4.78, 5) is 15.3. The monoisotopic (exact) mass is 193 g/mol. The largest absolute Gasteiger partial charge is 0.494 e. The van der Waals surface area contributed by atoms with Crippen LogP contribution in [-0.4, -0.2) is 25.2 Å². The molecule has 0 saturated carbocycles. The summed E-state index contributed by atoms with van der Waals surface area (Å²) in [6, 6.07) is 3.36. The maximum atomic E-state index is 11.3. The average molecular weight is 193 g/mol. The molecule has 0 aliphatic carbocycles. The standard InChI is InChI=1S/C10H11NO3/c1-4-7-5-6-8(13-2)9(11-7)10(12)14-3/h4-6H,1H2,2-3H3. The molecule has 4 heteroatoms. The first kappa shape index (κ1) is 10.2. The predicted octanol–water partition coefficient (Wildman–Crippen LogP) is 1.52. The van der Waals surface area contributed by atoms with Gasteiger partial charge in [0, 0.05) is 0 Å². The molecule has 0 N–H and O–H groups in total. The normalized spacial score (nSPS) is 9.29. The molecular formula is C10H11NO3. The lowest BCUT2D eigenvalue weighted by atomic mass is 10.2. The quantitative estimate of drug-likeness (QED) is 0.683. The number of rotatable bonds is 3. The highest BCUT2D eigenvalue weighted by Gasteiger charge is 2.14.